The summed E-state index contributed by atoms with van der Waals surface area (Å²) in [7, 11) is -3.80. The van der Waals surface area contributed by atoms with Crippen molar-refractivity contribution in [3.8, 4) is 6.07 Å². The average molecular weight is 273 g/mol. The number of aryl methyl sites for hydroxylation is 1. The molecule has 0 saturated carbocycles. The van der Waals surface area contributed by atoms with E-state index in [4.69, 9.17) is 5.26 Å². The van der Waals surface area contributed by atoms with Gasteiger partial charge in [0.15, 0.2) is 0 Å². The molecule has 0 radical (unpaired) electrons. The summed E-state index contributed by atoms with van der Waals surface area (Å²) in [5.41, 5.74) is 1.03. The zero-order chi connectivity index (χ0) is 13.9. The van der Waals surface area contributed by atoms with Gasteiger partial charge in [0.05, 0.1) is 5.56 Å². The normalized spacial score (nSPS) is 10.7. The third-order valence-corrected chi connectivity index (χ3v) is 3.86. The molecule has 0 saturated heterocycles. The summed E-state index contributed by atoms with van der Waals surface area (Å²) < 4.78 is 26.7. The minimum Gasteiger partial charge on any atom is -0.263 e. The lowest BCUT2D eigenvalue weighted by Gasteiger charge is -2.08. The molecule has 19 heavy (non-hydrogen) atoms. The number of nitrogens with zero attached hydrogens (tertiary/aromatic N) is 2. The molecule has 0 aliphatic heterocycles. The van der Waals surface area contributed by atoms with E-state index in [1.807, 2.05) is 13.0 Å². The predicted molar refractivity (Wildman–Crippen MR) is 70.9 cm³/mol. The number of anilines is 1. The summed E-state index contributed by atoms with van der Waals surface area (Å²) in [5.74, 6) is 0.221. The van der Waals surface area contributed by atoms with Crippen molar-refractivity contribution in [1.29, 1.82) is 5.26 Å². The Balaban J connectivity index is 2.38. The standard InChI is InChI=1S/C13H11N3O2S/c1-10-6-7-13(15-9-10)16-19(17,18)12-5-3-2-4-11(12)8-14/h2-7,9H,1H3,(H,15,16). The lowest BCUT2D eigenvalue weighted by molar-refractivity contribution is 0.601. The van der Waals surface area contributed by atoms with E-state index in [1.165, 1.54) is 12.1 Å². The van der Waals surface area contributed by atoms with Crippen LogP contribution in [0.3, 0.4) is 0 Å². The molecule has 0 amide bonds. The number of rotatable bonds is 3. The molecule has 1 aromatic carbocycles. The van der Waals surface area contributed by atoms with Gasteiger partial charge < -0.3 is 0 Å². The first-order valence-electron chi connectivity index (χ1n) is 5.47. The largest absolute Gasteiger partial charge is 0.264 e. The van der Waals surface area contributed by atoms with Crippen LogP contribution in [-0.2, 0) is 10.0 Å². The fourth-order valence-corrected chi connectivity index (χ4v) is 2.68. The average Bonchev–Trinajstić information content (AvgIpc) is 2.41. The first-order chi connectivity index (χ1) is 9.03. The van der Waals surface area contributed by atoms with Gasteiger partial charge in [-0.1, -0.05) is 18.2 Å². The number of hydrogen-bond acceptors (Lipinski definition) is 4. The van der Waals surface area contributed by atoms with Crippen molar-refractivity contribution in [3.05, 3.63) is 53.7 Å². The van der Waals surface area contributed by atoms with Crippen LogP contribution in [0, 0.1) is 18.3 Å². The second-order valence-corrected chi connectivity index (χ2v) is 5.59. The fourth-order valence-electron chi connectivity index (χ4n) is 1.51. The Morgan fingerprint density at radius 3 is 2.58 bits per heavy atom. The van der Waals surface area contributed by atoms with E-state index >= 15 is 0 Å². The van der Waals surface area contributed by atoms with E-state index in [1.54, 1.807) is 30.5 Å². The highest BCUT2D eigenvalue weighted by Crippen LogP contribution is 2.17. The molecule has 0 aliphatic rings. The number of benzene rings is 1. The van der Waals surface area contributed by atoms with Crippen molar-refractivity contribution in [2.45, 2.75) is 11.8 Å². The topological polar surface area (TPSA) is 82.9 Å². The van der Waals surface area contributed by atoms with Gasteiger partial charge in [-0.15, -0.1) is 0 Å². The molecule has 1 heterocycles. The van der Waals surface area contributed by atoms with E-state index in [9.17, 15) is 8.42 Å². The summed E-state index contributed by atoms with van der Waals surface area (Å²) in [6.07, 6.45) is 1.56. The van der Waals surface area contributed by atoms with Gasteiger partial charge in [0, 0.05) is 6.20 Å². The number of hydrogen-bond donors (Lipinski definition) is 1. The minimum absolute atomic E-state index is 0.0557. The van der Waals surface area contributed by atoms with Crippen molar-refractivity contribution < 1.29 is 8.42 Å². The van der Waals surface area contributed by atoms with Crippen LogP contribution in [0.1, 0.15) is 11.1 Å². The van der Waals surface area contributed by atoms with E-state index < -0.39 is 10.0 Å². The molecule has 96 valence electrons. The van der Waals surface area contributed by atoms with Crippen molar-refractivity contribution in [3.63, 3.8) is 0 Å². The maximum atomic E-state index is 12.2. The van der Waals surface area contributed by atoms with Gasteiger partial charge in [-0.3, -0.25) is 4.72 Å². The van der Waals surface area contributed by atoms with E-state index in [2.05, 4.69) is 9.71 Å². The van der Waals surface area contributed by atoms with E-state index in [-0.39, 0.29) is 16.3 Å². The Morgan fingerprint density at radius 1 is 1.21 bits per heavy atom. The number of nitrogens with one attached hydrogen (secondary N) is 1. The second kappa shape index (κ2) is 5.08. The summed E-state index contributed by atoms with van der Waals surface area (Å²) in [6.45, 7) is 1.86. The molecular weight excluding hydrogens is 262 g/mol. The van der Waals surface area contributed by atoms with E-state index in [0.717, 1.165) is 5.56 Å². The van der Waals surface area contributed by atoms with Gasteiger partial charge >= 0.3 is 0 Å². The lowest BCUT2D eigenvalue weighted by atomic mass is 10.2. The molecule has 2 aromatic rings. The number of pyridine rings is 1. The molecular formula is C13H11N3O2S. The molecule has 0 atom stereocenters. The molecule has 0 spiro atoms. The summed E-state index contributed by atoms with van der Waals surface area (Å²) in [4.78, 5) is 3.92. The van der Waals surface area contributed by atoms with Crippen molar-refractivity contribution in [2.24, 2.45) is 0 Å². The van der Waals surface area contributed by atoms with Crippen LogP contribution in [0.5, 0.6) is 0 Å². The molecule has 6 heteroatoms. The van der Waals surface area contributed by atoms with Gasteiger partial charge in [-0.05, 0) is 30.7 Å². The van der Waals surface area contributed by atoms with Crippen LogP contribution in [-0.4, -0.2) is 13.4 Å². The highest BCUT2D eigenvalue weighted by molar-refractivity contribution is 7.92. The third-order valence-electron chi connectivity index (χ3n) is 2.45. The van der Waals surface area contributed by atoms with Crippen molar-refractivity contribution in [1.82, 2.24) is 4.98 Å². The maximum absolute atomic E-state index is 12.2. The summed E-state index contributed by atoms with van der Waals surface area (Å²) >= 11 is 0. The Hall–Kier alpha value is -2.39. The Morgan fingerprint density at radius 2 is 1.95 bits per heavy atom. The first-order valence-corrected chi connectivity index (χ1v) is 6.96. The Kier molecular flexibility index (Phi) is 3.49. The molecule has 2 rings (SSSR count). The zero-order valence-corrected chi connectivity index (χ0v) is 11.0. The number of sulfonamides is 1. The molecule has 0 fully saturated rings. The quantitative estimate of drug-likeness (QED) is 0.927. The maximum Gasteiger partial charge on any atom is 0.264 e. The Bertz CT molecular complexity index is 731. The van der Waals surface area contributed by atoms with E-state index in [0.29, 0.717) is 0 Å². The molecule has 5 nitrogen and oxygen atoms in total. The lowest BCUT2D eigenvalue weighted by Crippen LogP contribution is -2.15. The molecule has 0 bridgehead atoms. The van der Waals surface area contributed by atoms with Crippen LogP contribution < -0.4 is 4.72 Å². The number of nitriles is 1. The van der Waals surface area contributed by atoms with Crippen LogP contribution in [0.15, 0.2) is 47.5 Å². The van der Waals surface area contributed by atoms with Gasteiger partial charge in [0.2, 0.25) is 0 Å². The fraction of sp³-hybridized carbons (Fsp3) is 0.0769. The van der Waals surface area contributed by atoms with Crippen LogP contribution in [0.4, 0.5) is 5.82 Å². The van der Waals surface area contributed by atoms with Crippen LogP contribution in [0.2, 0.25) is 0 Å². The molecule has 1 aromatic heterocycles. The highest BCUT2D eigenvalue weighted by atomic mass is 32.2. The second-order valence-electron chi connectivity index (χ2n) is 3.93. The number of aromatic nitrogens is 1. The van der Waals surface area contributed by atoms with Crippen molar-refractivity contribution in [2.75, 3.05) is 4.72 Å². The minimum atomic E-state index is -3.80. The Labute approximate surface area is 111 Å². The zero-order valence-electron chi connectivity index (χ0n) is 10.2. The van der Waals surface area contributed by atoms with Crippen molar-refractivity contribution >= 4 is 15.8 Å². The van der Waals surface area contributed by atoms with Crippen LogP contribution in [0.25, 0.3) is 0 Å². The summed E-state index contributed by atoms with van der Waals surface area (Å²) in [5, 5.41) is 8.93. The molecule has 0 unspecified atom stereocenters. The van der Waals surface area contributed by atoms with Gasteiger partial charge in [-0.2, -0.15) is 5.26 Å². The molecule has 1 N–H and O–H groups in total. The van der Waals surface area contributed by atoms with Crippen LogP contribution >= 0.6 is 0 Å². The SMILES string of the molecule is Cc1ccc(NS(=O)(=O)c2ccccc2C#N)nc1. The molecule has 0 aliphatic carbocycles. The third kappa shape index (κ3) is 2.89. The monoisotopic (exact) mass is 273 g/mol. The predicted octanol–water partition coefficient (Wildman–Crippen LogP) is 2.06. The van der Waals surface area contributed by atoms with Gasteiger partial charge in [-0.25, -0.2) is 13.4 Å². The van der Waals surface area contributed by atoms with Gasteiger partial charge in [0.1, 0.15) is 16.8 Å². The summed E-state index contributed by atoms with van der Waals surface area (Å²) in [6, 6.07) is 11.2. The smallest absolute Gasteiger partial charge is 0.263 e. The highest BCUT2D eigenvalue weighted by Gasteiger charge is 2.18. The first kappa shape index (κ1) is 13.1. The van der Waals surface area contributed by atoms with Gasteiger partial charge in [0.25, 0.3) is 10.0 Å².